The molecule has 0 aromatic heterocycles. The Morgan fingerprint density at radius 2 is 1.83 bits per heavy atom. The predicted octanol–water partition coefficient (Wildman–Crippen LogP) is 2.01. The minimum Gasteiger partial charge on any atom is -0.504 e. The molecule has 2 aromatic carbocycles. The van der Waals surface area contributed by atoms with Gasteiger partial charge in [0.15, 0.2) is 5.75 Å². The topological polar surface area (TPSA) is 122 Å². The third kappa shape index (κ3) is 4.35. The Bertz CT molecular complexity index is 825. The lowest BCUT2D eigenvalue weighted by Crippen LogP contribution is -2.28. The van der Waals surface area contributed by atoms with Gasteiger partial charge in [0, 0.05) is 6.54 Å². The Morgan fingerprint density at radius 1 is 1.17 bits per heavy atom. The number of amides is 2. The van der Waals surface area contributed by atoms with Crippen LogP contribution < -0.4 is 15.8 Å². The molecule has 0 aliphatic rings. The number of nitrogens with one attached hydrogen (secondary N) is 2. The van der Waals surface area contributed by atoms with Crippen molar-refractivity contribution in [2.45, 2.75) is 11.4 Å². The van der Waals surface area contributed by atoms with Gasteiger partial charge in [-0.15, -0.1) is 0 Å². The number of urea groups is 1. The van der Waals surface area contributed by atoms with Crippen LogP contribution >= 0.6 is 11.6 Å². The quantitative estimate of drug-likeness (QED) is 0.626. The number of sulfonamides is 1. The summed E-state index contributed by atoms with van der Waals surface area (Å²) in [6.07, 6.45) is 0. The SMILES string of the molecule is NS(=O)(=O)c1c(Cl)ccc(NC(=O)NCc2ccccc2)c1O. The molecule has 7 nitrogen and oxygen atoms in total. The number of rotatable bonds is 4. The van der Waals surface area contributed by atoms with Gasteiger partial charge in [-0.2, -0.15) is 0 Å². The summed E-state index contributed by atoms with van der Waals surface area (Å²) >= 11 is 5.72. The second-order valence-corrected chi connectivity index (χ2v) is 6.52. The van der Waals surface area contributed by atoms with Crippen molar-refractivity contribution in [1.29, 1.82) is 0 Å². The van der Waals surface area contributed by atoms with Gasteiger partial charge in [0.1, 0.15) is 4.90 Å². The number of carbonyl (C=O) groups excluding carboxylic acids is 1. The number of anilines is 1. The maximum atomic E-state index is 11.8. The van der Waals surface area contributed by atoms with Crippen molar-refractivity contribution in [1.82, 2.24) is 5.32 Å². The minimum atomic E-state index is -4.23. The van der Waals surface area contributed by atoms with E-state index in [4.69, 9.17) is 16.7 Å². The molecule has 0 unspecified atom stereocenters. The Kier molecular flexibility index (Phi) is 5.09. The number of benzene rings is 2. The van der Waals surface area contributed by atoms with E-state index >= 15 is 0 Å². The van der Waals surface area contributed by atoms with E-state index in [1.807, 2.05) is 30.3 Å². The van der Waals surface area contributed by atoms with E-state index in [0.29, 0.717) is 0 Å². The highest BCUT2D eigenvalue weighted by atomic mass is 35.5. The van der Waals surface area contributed by atoms with Crippen LogP contribution in [0.1, 0.15) is 5.56 Å². The van der Waals surface area contributed by atoms with E-state index in [2.05, 4.69) is 10.6 Å². The maximum Gasteiger partial charge on any atom is 0.319 e. The molecule has 9 heteroatoms. The van der Waals surface area contributed by atoms with Crippen molar-refractivity contribution in [2.24, 2.45) is 5.14 Å². The summed E-state index contributed by atoms with van der Waals surface area (Å²) in [5.74, 6) is -0.713. The van der Waals surface area contributed by atoms with Crippen molar-refractivity contribution < 1.29 is 18.3 Å². The molecule has 0 heterocycles. The molecule has 2 rings (SSSR count). The van der Waals surface area contributed by atoms with Crippen LogP contribution in [0.2, 0.25) is 5.02 Å². The Morgan fingerprint density at radius 3 is 2.43 bits per heavy atom. The molecule has 0 saturated heterocycles. The highest BCUT2D eigenvalue weighted by Gasteiger charge is 2.22. The van der Waals surface area contributed by atoms with E-state index in [-0.39, 0.29) is 17.3 Å². The fourth-order valence-electron chi connectivity index (χ4n) is 1.86. The van der Waals surface area contributed by atoms with Crippen molar-refractivity contribution >= 4 is 33.3 Å². The second-order valence-electron chi connectivity index (χ2n) is 4.61. The summed E-state index contributed by atoms with van der Waals surface area (Å²) in [5.41, 5.74) is 0.761. The first-order valence-corrected chi connectivity index (χ1v) is 8.34. The molecule has 2 amide bonds. The van der Waals surface area contributed by atoms with Gasteiger partial charge in [0.05, 0.1) is 10.7 Å². The van der Waals surface area contributed by atoms with Gasteiger partial charge in [-0.1, -0.05) is 41.9 Å². The number of primary sulfonamides is 1. The molecular weight excluding hydrogens is 342 g/mol. The fraction of sp³-hybridized carbons (Fsp3) is 0.0714. The number of aromatic hydroxyl groups is 1. The molecule has 122 valence electrons. The largest absolute Gasteiger partial charge is 0.504 e. The highest BCUT2D eigenvalue weighted by Crippen LogP contribution is 2.35. The van der Waals surface area contributed by atoms with Crippen LogP contribution in [-0.2, 0) is 16.6 Å². The Labute approximate surface area is 138 Å². The van der Waals surface area contributed by atoms with Gasteiger partial charge in [0.2, 0.25) is 10.0 Å². The summed E-state index contributed by atoms with van der Waals surface area (Å²) in [7, 11) is -4.23. The molecule has 2 aromatic rings. The van der Waals surface area contributed by atoms with Gasteiger partial charge < -0.3 is 15.7 Å². The number of hydrogen-bond donors (Lipinski definition) is 4. The minimum absolute atomic E-state index is 0.121. The van der Waals surface area contributed by atoms with E-state index < -0.39 is 26.7 Å². The molecule has 0 aliphatic heterocycles. The van der Waals surface area contributed by atoms with E-state index in [0.717, 1.165) is 5.56 Å². The lowest BCUT2D eigenvalue weighted by atomic mass is 10.2. The predicted molar refractivity (Wildman–Crippen MR) is 86.8 cm³/mol. The highest BCUT2D eigenvalue weighted by molar-refractivity contribution is 7.89. The summed E-state index contributed by atoms with van der Waals surface area (Å²) in [5, 5.41) is 19.6. The maximum absolute atomic E-state index is 11.8. The number of halogens is 1. The van der Waals surface area contributed by atoms with Gasteiger partial charge in [-0.05, 0) is 17.7 Å². The number of nitrogens with two attached hydrogens (primary N) is 1. The first-order chi connectivity index (χ1) is 10.8. The summed E-state index contributed by atoms with van der Waals surface area (Å²) < 4.78 is 22.9. The number of carbonyl (C=O) groups is 1. The third-order valence-electron chi connectivity index (χ3n) is 2.91. The fourth-order valence-corrected chi connectivity index (χ4v) is 3.06. The zero-order valence-corrected chi connectivity index (χ0v) is 13.4. The van der Waals surface area contributed by atoms with Crippen LogP contribution in [0.25, 0.3) is 0 Å². The van der Waals surface area contributed by atoms with E-state index in [9.17, 15) is 18.3 Å². The van der Waals surface area contributed by atoms with Gasteiger partial charge in [-0.3, -0.25) is 0 Å². The molecule has 0 atom stereocenters. The van der Waals surface area contributed by atoms with Crippen LogP contribution in [0.15, 0.2) is 47.4 Å². The molecule has 0 bridgehead atoms. The first kappa shape index (κ1) is 17.1. The number of phenols is 1. The van der Waals surface area contributed by atoms with Crippen molar-refractivity contribution in [3.8, 4) is 5.75 Å². The van der Waals surface area contributed by atoms with Gasteiger partial charge in [-0.25, -0.2) is 18.4 Å². The monoisotopic (exact) mass is 355 g/mol. The smallest absolute Gasteiger partial charge is 0.319 e. The molecule has 0 saturated carbocycles. The van der Waals surface area contributed by atoms with Gasteiger partial charge >= 0.3 is 6.03 Å². The van der Waals surface area contributed by atoms with Crippen molar-refractivity contribution in [3.63, 3.8) is 0 Å². The lowest BCUT2D eigenvalue weighted by Gasteiger charge is -2.12. The molecule has 5 N–H and O–H groups in total. The Hall–Kier alpha value is -2.29. The standard InChI is InChI=1S/C14H14ClN3O4S/c15-10-6-7-11(12(19)13(10)23(16,21)22)18-14(20)17-8-9-4-2-1-3-5-9/h1-7,19H,8H2,(H2,16,21,22)(H2,17,18,20). The third-order valence-corrected chi connectivity index (χ3v) is 4.32. The van der Waals surface area contributed by atoms with Crippen LogP contribution in [0.3, 0.4) is 0 Å². The van der Waals surface area contributed by atoms with Crippen molar-refractivity contribution in [2.75, 3.05) is 5.32 Å². The van der Waals surface area contributed by atoms with E-state index in [1.54, 1.807) is 0 Å². The molecule has 0 aliphatic carbocycles. The average Bonchev–Trinajstić information content (AvgIpc) is 2.48. The van der Waals surface area contributed by atoms with Crippen LogP contribution in [0.4, 0.5) is 10.5 Å². The van der Waals surface area contributed by atoms with Crippen LogP contribution in [-0.4, -0.2) is 19.6 Å². The zero-order chi connectivity index (χ0) is 17.0. The summed E-state index contributed by atoms with van der Waals surface area (Å²) in [4.78, 5) is 11.2. The van der Waals surface area contributed by atoms with Gasteiger partial charge in [0.25, 0.3) is 0 Å². The second kappa shape index (κ2) is 6.86. The Balaban J connectivity index is 2.13. The normalized spacial score (nSPS) is 11.0. The first-order valence-electron chi connectivity index (χ1n) is 6.42. The number of hydrogen-bond acceptors (Lipinski definition) is 4. The molecule has 0 spiro atoms. The zero-order valence-electron chi connectivity index (χ0n) is 11.8. The van der Waals surface area contributed by atoms with E-state index in [1.165, 1.54) is 12.1 Å². The molecule has 0 fully saturated rings. The summed E-state index contributed by atoms with van der Waals surface area (Å²) in [6.45, 7) is 0.267. The van der Waals surface area contributed by atoms with Crippen LogP contribution in [0.5, 0.6) is 5.75 Å². The molecule has 23 heavy (non-hydrogen) atoms. The molecular formula is C14H14ClN3O4S. The lowest BCUT2D eigenvalue weighted by molar-refractivity contribution is 0.251. The molecule has 0 radical (unpaired) electrons. The number of phenolic OH excluding ortho intramolecular Hbond substituents is 1. The average molecular weight is 356 g/mol. The summed E-state index contributed by atoms with van der Waals surface area (Å²) in [6, 6.07) is 11.0. The van der Waals surface area contributed by atoms with Crippen molar-refractivity contribution in [3.05, 3.63) is 53.1 Å². The van der Waals surface area contributed by atoms with Crippen LogP contribution in [0, 0.1) is 0 Å².